The number of benzene rings is 6. The van der Waals surface area contributed by atoms with Gasteiger partial charge in [0.15, 0.2) is 0 Å². The number of fused-ring (bicyclic) bond motifs is 3. The highest BCUT2D eigenvalue weighted by atomic mass is 14.3. The minimum absolute atomic E-state index is 0.917. The molecule has 0 saturated carbocycles. The summed E-state index contributed by atoms with van der Waals surface area (Å²) in [6.45, 7) is 12.6. The molecule has 0 saturated heterocycles. The van der Waals surface area contributed by atoms with Crippen molar-refractivity contribution in [1.29, 1.82) is 5.41 Å². The third-order valence-electron chi connectivity index (χ3n) is 8.17. The number of hydrogen-bond donors (Lipinski definition) is 1. The fraction of sp³-hybridized carbons (Fsp3) is 0.0488. The van der Waals surface area contributed by atoms with Gasteiger partial charge in [0.25, 0.3) is 0 Å². The van der Waals surface area contributed by atoms with E-state index in [0.717, 1.165) is 27.9 Å². The van der Waals surface area contributed by atoms with Gasteiger partial charge in [-0.05, 0) is 114 Å². The molecule has 0 spiro atoms. The lowest BCUT2D eigenvalue weighted by Crippen LogP contribution is -1.91. The zero-order valence-corrected chi connectivity index (χ0v) is 24.1. The van der Waals surface area contributed by atoms with Crippen LogP contribution in [0.5, 0.6) is 0 Å². The molecule has 6 aromatic carbocycles. The number of rotatable bonds is 7. The largest absolute Gasteiger partial charge is 0.309 e. The lowest BCUT2D eigenvalue weighted by Gasteiger charge is -2.18. The molecule has 0 heterocycles. The first-order chi connectivity index (χ1) is 20.5. The molecule has 6 aromatic rings. The van der Waals surface area contributed by atoms with E-state index in [1.165, 1.54) is 60.8 Å². The van der Waals surface area contributed by atoms with Crippen LogP contribution in [0.2, 0.25) is 0 Å². The van der Waals surface area contributed by atoms with Gasteiger partial charge in [0.1, 0.15) is 0 Å². The summed E-state index contributed by atoms with van der Waals surface area (Å²) in [5.41, 5.74) is 9.92. The van der Waals surface area contributed by atoms with E-state index in [9.17, 15) is 0 Å². The van der Waals surface area contributed by atoms with E-state index in [-0.39, 0.29) is 0 Å². The maximum atomic E-state index is 7.36. The molecule has 1 nitrogen and oxygen atoms in total. The third kappa shape index (κ3) is 4.91. The second-order valence-corrected chi connectivity index (χ2v) is 10.8. The van der Waals surface area contributed by atoms with E-state index >= 15 is 0 Å². The van der Waals surface area contributed by atoms with Crippen LogP contribution < -0.4 is 0 Å². The van der Waals surface area contributed by atoms with Gasteiger partial charge in [-0.1, -0.05) is 122 Å². The van der Waals surface area contributed by atoms with Crippen LogP contribution in [0.25, 0.3) is 60.1 Å². The molecule has 0 aromatic heterocycles. The Hall–Kier alpha value is -5.27. The summed E-state index contributed by atoms with van der Waals surface area (Å²) in [4.78, 5) is 0. The summed E-state index contributed by atoms with van der Waals surface area (Å²) in [7, 11) is 0. The van der Waals surface area contributed by atoms with Crippen LogP contribution in [-0.4, -0.2) is 6.21 Å². The van der Waals surface area contributed by atoms with Crippen LogP contribution in [0.4, 0.5) is 0 Å². The van der Waals surface area contributed by atoms with E-state index in [4.69, 9.17) is 5.41 Å². The molecule has 202 valence electrons. The average Bonchev–Trinajstić information content (AvgIpc) is 3.03. The highest BCUT2D eigenvalue weighted by molar-refractivity contribution is 6.21. The van der Waals surface area contributed by atoms with Crippen LogP contribution in [0, 0.1) is 5.41 Å². The fourth-order valence-electron chi connectivity index (χ4n) is 5.93. The summed E-state index contributed by atoms with van der Waals surface area (Å²) in [5, 5.41) is 14.7. The Morgan fingerprint density at radius 1 is 0.571 bits per heavy atom. The predicted molar refractivity (Wildman–Crippen MR) is 184 cm³/mol. The maximum absolute atomic E-state index is 7.36. The topological polar surface area (TPSA) is 23.9 Å². The van der Waals surface area contributed by atoms with E-state index < -0.39 is 0 Å². The highest BCUT2D eigenvalue weighted by Gasteiger charge is 2.16. The second kappa shape index (κ2) is 11.3. The monoisotopic (exact) mass is 539 g/mol. The van der Waals surface area contributed by atoms with Crippen LogP contribution >= 0.6 is 0 Å². The van der Waals surface area contributed by atoms with Gasteiger partial charge in [0.2, 0.25) is 0 Å². The first-order valence-corrected chi connectivity index (χ1v) is 14.2. The molecule has 0 unspecified atom stereocenters. The normalized spacial score (nSPS) is 12.1. The highest BCUT2D eigenvalue weighted by Crippen LogP contribution is 2.44. The standard InChI is InChI=1S/C41H33N/c1-27(22-23-42)30(4)28(2)24-29(3)33-20-18-31-19-21-34(26-35(31)25-33)41-38-16-10-8-14-36(38)40(32-12-6-5-7-13-32)37-15-9-11-17-39(37)41/h5-26,42H,3-4H2,1-2H3/b27-22-,28-24+,42-23?. The average molecular weight is 540 g/mol. The molecule has 1 heteroatoms. The van der Waals surface area contributed by atoms with Crippen molar-refractivity contribution in [2.24, 2.45) is 0 Å². The Balaban J connectivity index is 1.51. The summed E-state index contributed by atoms with van der Waals surface area (Å²) in [6, 6.07) is 41.6. The lowest BCUT2D eigenvalue weighted by atomic mass is 9.85. The maximum Gasteiger partial charge on any atom is 0.0180 e. The molecule has 0 atom stereocenters. The molecule has 0 aliphatic heterocycles. The molecular formula is C41H33N. The number of allylic oxidation sites excluding steroid dienone is 6. The lowest BCUT2D eigenvalue weighted by molar-refractivity contribution is 1.34. The molecule has 0 aliphatic carbocycles. The van der Waals surface area contributed by atoms with Crippen molar-refractivity contribution in [2.75, 3.05) is 0 Å². The van der Waals surface area contributed by atoms with Crippen LogP contribution in [-0.2, 0) is 0 Å². The number of hydrogen-bond acceptors (Lipinski definition) is 1. The Morgan fingerprint density at radius 3 is 1.71 bits per heavy atom. The Kier molecular flexibility index (Phi) is 7.25. The first-order valence-electron chi connectivity index (χ1n) is 14.2. The molecule has 1 N–H and O–H groups in total. The molecule has 0 bridgehead atoms. The van der Waals surface area contributed by atoms with Crippen molar-refractivity contribution in [3.63, 3.8) is 0 Å². The van der Waals surface area contributed by atoms with Gasteiger partial charge in [0, 0.05) is 6.21 Å². The minimum Gasteiger partial charge on any atom is -0.309 e. The van der Waals surface area contributed by atoms with Gasteiger partial charge >= 0.3 is 0 Å². The fourth-order valence-corrected chi connectivity index (χ4v) is 5.93. The molecular weight excluding hydrogens is 506 g/mol. The van der Waals surface area contributed by atoms with E-state index in [1.54, 1.807) is 6.08 Å². The Labute approximate surface area is 248 Å². The van der Waals surface area contributed by atoms with Crippen molar-refractivity contribution in [2.45, 2.75) is 13.8 Å². The van der Waals surface area contributed by atoms with Gasteiger partial charge < -0.3 is 5.41 Å². The summed E-state index contributed by atoms with van der Waals surface area (Å²) < 4.78 is 0. The van der Waals surface area contributed by atoms with Crippen molar-refractivity contribution >= 4 is 44.1 Å². The van der Waals surface area contributed by atoms with E-state index in [2.05, 4.69) is 134 Å². The molecule has 0 radical (unpaired) electrons. The van der Waals surface area contributed by atoms with Crippen molar-refractivity contribution in [3.8, 4) is 22.3 Å². The van der Waals surface area contributed by atoms with Crippen LogP contribution in [0.15, 0.2) is 157 Å². The molecule has 42 heavy (non-hydrogen) atoms. The predicted octanol–water partition coefficient (Wildman–Crippen LogP) is 11.6. The molecule has 0 aliphatic rings. The van der Waals surface area contributed by atoms with Crippen LogP contribution in [0.1, 0.15) is 19.4 Å². The minimum atomic E-state index is 0.917. The van der Waals surface area contributed by atoms with Gasteiger partial charge in [-0.25, -0.2) is 0 Å². The molecule has 0 fully saturated rings. The number of nitrogens with one attached hydrogen (secondary N) is 1. The van der Waals surface area contributed by atoms with Gasteiger partial charge in [-0.2, -0.15) is 0 Å². The third-order valence-corrected chi connectivity index (χ3v) is 8.17. The van der Waals surface area contributed by atoms with Gasteiger partial charge in [0.05, 0.1) is 0 Å². The van der Waals surface area contributed by atoms with E-state index in [0.29, 0.717) is 0 Å². The molecule has 0 amide bonds. The molecule has 6 rings (SSSR count). The van der Waals surface area contributed by atoms with Crippen molar-refractivity contribution in [1.82, 2.24) is 0 Å². The second-order valence-electron chi connectivity index (χ2n) is 10.8. The van der Waals surface area contributed by atoms with Crippen molar-refractivity contribution < 1.29 is 0 Å². The quantitative estimate of drug-likeness (QED) is 0.118. The van der Waals surface area contributed by atoms with E-state index in [1.807, 2.05) is 13.8 Å². The zero-order valence-electron chi connectivity index (χ0n) is 24.1. The summed E-state index contributed by atoms with van der Waals surface area (Å²) >= 11 is 0. The summed E-state index contributed by atoms with van der Waals surface area (Å²) in [6.07, 6.45) is 5.14. The van der Waals surface area contributed by atoms with Gasteiger partial charge in [-0.15, -0.1) is 0 Å². The van der Waals surface area contributed by atoms with Gasteiger partial charge in [-0.3, -0.25) is 0 Å². The van der Waals surface area contributed by atoms with Crippen molar-refractivity contribution in [3.05, 3.63) is 163 Å². The SMILES string of the molecule is C=C(/C(C)=C\C=N)/C(C)=C/C(=C)c1ccc2ccc(-c3c4ccccc4c(-c4ccccc4)c4ccccc34)cc2c1. The summed E-state index contributed by atoms with van der Waals surface area (Å²) in [5.74, 6) is 0. The smallest absolute Gasteiger partial charge is 0.0180 e. The van der Waals surface area contributed by atoms with Crippen LogP contribution in [0.3, 0.4) is 0 Å². The zero-order chi connectivity index (χ0) is 29.2. The Bertz CT molecular complexity index is 2030. The first kappa shape index (κ1) is 26.9. The Morgan fingerprint density at radius 2 is 1.12 bits per heavy atom.